The molecule has 17 heavy (non-hydrogen) atoms. The van der Waals surface area contributed by atoms with E-state index in [1.54, 1.807) is 23.2 Å². The smallest absolute Gasteiger partial charge is 0.237 e. The summed E-state index contributed by atoms with van der Waals surface area (Å²) in [6.45, 7) is 2.48. The molecule has 0 saturated carbocycles. The molecule has 1 aromatic heterocycles. The van der Waals surface area contributed by atoms with Gasteiger partial charge in [-0.3, -0.25) is 9.78 Å². The molecular formula is C12H11N3OS. The van der Waals surface area contributed by atoms with Crippen molar-refractivity contribution in [1.82, 2.24) is 9.88 Å². The quantitative estimate of drug-likeness (QED) is 0.746. The van der Waals surface area contributed by atoms with Crippen molar-refractivity contribution in [3.63, 3.8) is 0 Å². The zero-order chi connectivity index (χ0) is 12.3. The second-order valence-electron chi connectivity index (χ2n) is 3.43. The molecule has 1 saturated heterocycles. The fourth-order valence-corrected chi connectivity index (χ4v) is 2.75. The standard InChI is InChI=1S/C12H11N3OS/c1-2-15-11(16)8-17-12(15)9(7-13)10-5-3-4-6-14-10/h3-6H,2,8H2,1H3/b12-9-. The Labute approximate surface area is 104 Å². The van der Waals surface area contributed by atoms with Crippen LogP contribution in [0.25, 0.3) is 5.57 Å². The Balaban J connectivity index is 2.49. The molecule has 1 fully saturated rings. The third-order valence-electron chi connectivity index (χ3n) is 2.44. The van der Waals surface area contributed by atoms with E-state index in [9.17, 15) is 10.1 Å². The van der Waals surface area contributed by atoms with Gasteiger partial charge in [-0.25, -0.2) is 0 Å². The number of nitriles is 1. The van der Waals surface area contributed by atoms with Gasteiger partial charge in [0, 0.05) is 12.7 Å². The van der Waals surface area contributed by atoms with E-state index in [2.05, 4.69) is 11.1 Å². The van der Waals surface area contributed by atoms with E-state index in [0.717, 1.165) is 5.03 Å². The minimum absolute atomic E-state index is 0.0520. The van der Waals surface area contributed by atoms with Crippen LogP contribution in [0, 0.1) is 11.3 Å². The summed E-state index contributed by atoms with van der Waals surface area (Å²) in [6, 6.07) is 7.56. The van der Waals surface area contributed by atoms with Crippen LogP contribution in [0.2, 0.25) is 0 Å². The van der Waals surface area contributed by atoms with Crippen LogP contribution in [0.15, 0.2) is 29.4 Å². The SMILES string of the molecule is CCN1C(=O)CS/C1=C(/C#N)c1ccccn1. The third-order valence-corrected chi connectivity index (χ3v) is 3.53. The van der Waals surface area contributed by atoms with Crippen LogP contribution >= 0.6 is 11.8 Å². The number of rotatable bonds is 2. The Hall–Kier alpha value is -1.80. The van der Waals surface area contributed by atoms with Gasteiger partial charge in [0.1, 0.15) is 11.6 Å². The van der Waals surface area contributed by atoms with Crippen molar-refractivity contribution in [3.05, 3.63) is 35.1 Å². The van der Waals surface area contributed by atoms with Crippen molar-refractivity contribution in [1.29, 1.82) is 5.26 Å². The second-order valence-corrected chi connectivity index (χ2v) is 4.40. The lowest BCUT2D eigenvalue weighted by molar-refractivity contribution is -0.125. The van der Waals surface area contributed by atoms with Gasteiger partial charge >= 0.3 is 0 Å². The Morgan fingerprint density at radius 2 is 2.47 bits per heavy atom. The third kappa shape index (κ3) is 2.17. The van der Waals surface area contributed by atoms with E-state index >= 15 is 0 Å². The van der Waals surface area contributed by atoms with Gasteiger partial charge in [-0.05, 0) is 19.1 Å². The van der Waals surface area contributed by atoms with E-state index < -0.39 is 0 Å². The van der Waals surface area contributed by atoms with Crippen LogP contribution < -0.4 is 0 Å². The molecule has 1 aliphatic heterocycles. The minimum atomic E-state index is 0.0520. The number of amides is 1. The highest BCUT2D eigenvalue weighted by Gasteiger charge is 2.28. The molecule has 1 aromatic rings. The van der Waals surface area contributed by atoms with E-state index in [-0.39, 0.29) is 5.91 Å². The van der Waals surface area contributed by atoms with Gasteiger partial charge in [0.2, 0.25) is 5.91 Å². The molecule has 0 bridgehead atoms. The molecule has 0 radical (unpaired) electrons. The first-order chi connectivity index (χ1) is 8.27. The molecule has 0 N–H and O–H groups in total. The fourth-order valence-electron chi connectivity index (χ4n) is 1.65. The summed E-state index contributed by atoms with van der Waals surface area (Å²) in [5.74, 6) is 0.456. The summed E-state index contributed by atoms with van der Waals surface area (Å²) in [5, 5.41) is 9.96. The molecule has 4 nitrogen and oxygen atoms in total. The maximum absolute atomic E-state index is 11.6. The van der Waals surface area contributed by atoms with E-state index in [4.69, 9.17) is 0 Å². The van der Waals surface area contributed by atoms with Crippen molar-refractivity contribution in [2.24, 2.45) is 0 Å². The van der Waals surface area contributed by atoms with Gasteiger partial charge in [0.15, 0.2) is 0 Å². The predicted octanol–water partition coefficient (Wildman–Crippen LogP) is 1.87. The van der Waals surface area contributed by atoms with Gasteiger partial charge in [-0.2, -0.15) is 5.26 Å². The molecule has 1 aliphatic rings. The maximum Gasteiger partial charge on any atom is 0.237 e. The Morgan fingerprint density at radius 3 is 3.06 bits per heavy atom. The highest BCUT2D eigenvalue weighted by molar-refractivity contribution is 8.04. The van der Waals surface area contributed by atoms with E-state index in [1.165, 1.54) is 11.8 Å². The van der Waals surface area contributed by atoms with E-state index in [1.807, 2.05) is 13.0 Å². The number of carbonyl (C=O) groups excluding carboxylic acids is 1. The normalized spacial score (nSPS) is 18.1. The second kappa shape index (κ2) is 5.02. The summed E-state index contributed by atoms with van der Waals surface area (Å²) >= 11 is 1.40. The molecular weight excluding hydrogens is 234 g/mol. The van der Waals surface area contributed by atoms with Crippen LogP contribution in [0.4, 0.5) is 0 Å². The average Bonchev–Trinajstić information content (AvgIpc) is 2.73. The molecule has 5 heteroatoms. The van der Waals surface area contributed by atoms with Crippen LogP contribution in [0.1, 0.15) is 12.6 Å². The monoisotopic (exact) mass is 245 g/mol. The number of hydrogen-bond acceptors (Lipinski definition) is 4. The number of aromatic nitrogens is 1. The Morgan fingerprint density at radius 1 is 1.65 bits per heavy atom. The summed E-state index contributed by atoms with van der Waals surface area (Å²) in [4.78, 5) is 17.4. The van der Waals surface area contributed by atoms with Crippen molar-refractivity contribution in [2.75, 3.05) is 12.3 Å². The lowest BCUT2D eigenvalue weighted by Crippen LogP contribution is -2.24. The highest BCUT2D eigenvalue weighted by Crippen LogP contribution is 2.34. The number of carbonyl (C=O) groups is 1. The summed E-state index contributed by atoms with van der Waals surface area (Å²) in [6.07, 6.45) is 1.64. The molecule has 2 rings (SSSR count). The lowest BCUT2D eigenvalue weighted by Gasteiger charge is -2.15. The van der Waals surface area contributed by atoms with Crippen molar-refractivity contribution in [3.8, 4) is 6.07 Å². The zero-order valence-corrected chi connectivity index (χ0v) is 10.2. The number of allylic oxidation sites excluding steroid dienone is 1. The minimum Gasteiger partial charge on any atom is -0.305 e. The Bertz CT molecular complexity index is 504. The van der Waals surface area contributed by atoms with Crippen molar-refractivity contribution >= 4 is 23.2 Å². The first-order valence-electron chi connectivity index (χ1n) is 5.27. The number of pyridine rings is 1. The maximum atomic E-state index is 11.6. The largest absolute Gasteiger partial charge is 0.305 e. The molecule has 0 spiro atoms. The van der Waals surface area contributed by atoms with E-state index in [0.29, 0.717) is 23.6 Å². The number of hydrogen-bond donors (Lipinski definition) is 0. The summed E-state index contributed by atoms with van der Waals surface area (Å²) in [5.41, 5.74) is 1.09. The first-order valence-corrected chi connectivity index (χ1v) is 6.25. The number of thioether (sulfide) groups is 1. The average molecular weight is 245 g/mol. The first kappa shape index (κ1) is 11.7. The van der Waals surface area contributed by atoms with Gasteiger partial charge < -0.3 is 4.90 Å². The van der Waals surface area contributed by atoms with Crippen LogP contribution in [-0.2, 0) is 4.79 Å². The van der Waals surface area contributed by atoms with Crippen molar-refractivity contribution in [2.45, 2.75) is 6.92 Å². The van der Waals surface area contributed by atoms with Gasteiger partial charge in [-0.1, -0.05) is 17.8 Å². The summed E-state index contributed by atoms with van der Waals surface area (Å²) in [7, 11) is 0. The topological polar surface area (TPSA) is 57.0 Å². The molecule has 0 aliphatic carbocycles. The molecule has 0 unspecified atom stereocenters. The van der Waals surface area contributed by atoms with Gasteiger partial charge in [0.05, 0.1) is 16.5 Å². The summed E-state index contributed by atoms with van der Waals surface area (Å²) < 4.78 is 0. The fraction of sp³-hybridized carbons (Fsp3) is 0.250. The molecule has 2 heterocycles. The number of nitrogens with zero attached hydrogens (tertiary/aromatic N) is 3. The van der Waals surface area contributed by atoms with Gasteiger partial charge in [-0.15, -0.1) is 0 Å². The van der Waals surface area contributed by atoms with Crippen LogP contribution in [0.3, 0.4) is 0 Å². The Kier molecular flexibility index (Phi) is 3.45. The molecule has 0 atom stereocenters. The van der Waals surface area contributed by atoms with Crippen molar-refractivity contribution < 1.29 is 4.79 Å². The highest BCUT2D eigenvalue weighted by atomic mass is 32.2. The lowest BCUT2D eigenvalue weighted by atomic mass is 10.2. The molecule has 86 valence electrons. The zero-order valence-electron chi connectivity index (χ0n) is 9.38. The van der Waals surface area contributed by atoms with Gasteiger partial charge in [0.25, 0.3) is 0 Å². The molecule has 1 amide bonds. The molecule has 0 aromatic carbocycles. The van der Waals surface area contributed by atoms with Crippen LogP contribution in [0.5, 0.6) is 0 Å². The van der Waals surface area contributed by atoms with Crippen LogP contribution in [-0.4, -0.2) is 28.1 Å². The predicted molar refractivity (Wildman–Crippen MR) is 66.6 cm³/mol.